The molecular weight excluding hydrogens is 232 g/mol. The van der Waals surface area contributed by atoms with Crippen molar-refractivity contribution in [3.05, 3.63) is 60.2 Å². The molecule has 0 spiro atoms. The molecule has 0 saturated heterocycles. The van der Waals surface area contributed by atoms with Crippen molar-refractivity contribution in [3.8, 4) is 11.1 Å². The Morgan fingerprint density at radius 1 is 0.947 bits per heavy atom. The Hall–Kier alpha value is -1.60. The molecule has 2 aromatic rings. The van der Waals surface area contributed by atoms with Crippen molar-refractivity contribution < 1.29 is 4.74 Å². The maximum Gasteiger partial charge on any atom is 0.0587 e. The first kappa shape index (κ1) is 13.8. The smallest absolute Gasteiger partial charge is 0.0587 e. The van der Waals surface area contributed by atoms with Crippen LogP contribution in [-0.2, 0) is 11.2 Å². The Morgan fingerprint density at radius 3 is 2.37 bits per heavy atom. The van der Waals surface area contributed by atoms with Gasteiger partial charge in [0, 0.05) is 6.61 Å². The molecule has 1 nitrogen and oxygen atoms in total. The molecule has 1 heteroatoms. The zero-order chi connectivity index (χ0) is 13.5. The standard InChI is InChI=1S/C18H22O/c1-3-13-19-15(2)14-17-11-7-8-12-18(17)16-9-5-4-6-10-16/h4-12,15H,3,13-14H2,1-2H3. The Balaban J connectivity index is 2.17. The quantitative estimate of drug-likeness (QED) is 0.725. The predicted octanol–water partition coefficient (Wildman–Crippen LogP) is 4.71. The van der Waals surface area contributed by atoms with Crippen LogP contribution in [0.2, 0.25) is 0 Å². The van der Waals surface area contributed by atoms with E-state index in [1.807, 2.05) is 0 Å². The highest BCUT2D eigenvalue weighted by molar-refractivity contribution is 5.67. The summed E-state index contributed by atoms with van der Waals surface area (Å²) in [7, 11) is 0. The van der Waals surface area contributed by atoms with Crippen molar-refractivity contribution in [2.45, 2.75) is 32.8 Å². The molecule has 1 unspecified atom stereocenters. The van der Waals surface area contributed by atoms with Gasteiger partial charge in [-0.05, 0) is 36.5 Å². The van der Waals surface area contributed by atoms with Crippen LogP contribution in [0.5, 0.6) is 0 Å². The van der Waals surface area contributed by atoms with Crippen LogP contribution >= 0.6 is 0 Å². The molecule has 0 N–H and O–H groups in total. The SMILES string of the molecule is CCCOC(C)Cc1ccccc1-c1ccccc1. The van der Waals surface area contributed by atoms with E-state index in [-0.39, 0.29) is 6.10 Å². The third-order valence-electron chi connectivity index (χ3n) is 3.22. The van der Waals surface area contributed by atoms with E-state index in [0.717, 1.165) is 19.4 Å². The van der Waals surface area contributed by atoms with Gasteiger partial charge in [0.05, 0.1) is 6.10 Å². The first-order chi connectivity index (χ1) is 9.31. The monoisotopic (exact) mass is 254 g/mol. The second kappa shape index (κ2) is 7.10. The van der Waals surface area contributed by atoms with Crippen molar-refractivity contribution in [3.63, 3.8) is 0 Å². The fourth-order valence-electron chi connectivity index (χ4n) is 2.29. The normalized spacial score (nSPS) is 12.3. The summed E-state index contributed by atoms with van der Waals surface area (Å²) in [6.45, 7) is 5.14. The topological polar surface area (TPSA) is 9.23 Å². The molecule has 0 aliphatic carbocycles. The summed E-state index contributed by atoms with van der Waals surface area (Å²) < 4.78 is 5.79. The molecule has 0 aliphatic heterocycles. The van der Waals surface area contributed by atoms with Gasteiger partial charge in [0.25, 0.3) is 0 Å². The lowest BCUT2D eigenvalue weighted by Crippen LogP contribution is -2.12. The molecule has 0 aromatic heterocycles. The third-order valence-corrected chi connectivity index (χ3v) is 3.22. The van der Waals surface area contributed by atoms with E-state index >= 15 is 0 Å². The minimum Gasteiger partial charge on any atom is -0.378 e. The molecule has 0 saturated carbocycles. The Morgan fingerprint density at radius 2 is 1.63 bits per heavy atom. The fourth-order valence-corrected chi connectivity index (χ4v) is 2.29. The molecule has 0 heterocycles. The van der Waals surface area contributed by atoms with Gasteiger partial charge in [-0.3, -0.25) is 0 Å². The first-order valence-electron chi connectivity index (χ1n) is 7.06. The van der Waals surface area contributed by atoms with Crippen LogP contribution in [0.3, 0.4) is 0 Å². The van der Waals surface area contributed by atoms with Crippen molar-refractivity contribution in [2.24, 2.45) is 0 Å². The number of hydrogen-bond acceptors (Lipinski definition) is 1. The van der Waals surface area contributed by atoms with Crippen LogP contribution in [0.1, 0.15) is 25.8 Å². The summed E-state index contributed by atoms with van der Waals surface area (Å²) >= 11 is 0. The Kier molecular flexibility index (Phi) is 5.17. The highest BCUT2D eigenvalue weighted by Gasteiger charge is 2.08. The first-order valence-corrected chi connectivity index (χ1v) is 7.06. The number of benzene rings is 2. The molecule has 0 bridgehead atoms. The molecule has 100 valence electrons. The second-order valence-electron chi connectivity index (χ2n) is 4.91. The van der Waals surface area contributed by atoms with Crippen molar-refractivity contribution in [1.29, 1.82) is 0 Å². The summed E-state index contributed by atoms with van der Waals surface area (Å²) in [6, 6.07) is 19.2. The molecule has 2 aromatic carbocycles. The Bertz CT molecular complexity index is 490. The van der Waals surface area contributed by atoms with Crippen LogP contribution in [0, 0.1) is 0 Å². The largest absolute Gasteiger partial charge is 0.378 e. The van der Waals surface area contributed by atoms with Gasteiger partial charge in [0.15, 0.2) is 0 Å². The van der Waals surface area contributed by atoms with E-state index < -0.39 is 0 Å². The van der Waals surface area contributed by atoms with Crippen molar-refractivity contribution in [1.82, 2.24) is 0 Å². The maximum atomic E-state index is 5.79. The Labute approximate surface area is 116 Å². The van der Waals surface area contributed by atoms with E-state index in [9.17, 15) is 0 Å². The average molecular weight is 254 g/mol. The van der Waals surface area contributed by atoms with Gasteiger partial charge in [-0.25, -0.2) is 0 Å². The fraction of sp³-hybridized carbons (Fsp3) is 0.333. The number of rotatable bonds is 6. The van der Waals surface area contributed by atoms with Gasteiger partial charge in [0.1, 0.15) is 0 Å². The summed E-state index contributed by atoms with van der Waals surface area (Å²) in [6.07, 6.45) is 2.31. The van der Waals surface area contributed by atoms with Crippen LogP contribution in [0.25, 0.3) is 11.1 Å². The molecule has 19 heavy (non-hydrogen) atoms. The summed E-state index contributed by atoms with van der Waals surface area (Å²) in [5.74, 6) is 0. The molecule has 2 rings (SSSR count). The van der Waals surface area contributed by atoms with Gasteiger partial charge in [-0.1, -0.05) is 61.5 Å². The molecule has 0 fully saturated rings. The van der Waals surface area contributed by atoms with Crippen LogP contribution in [-0.4, -0.2) is 12.7 Å². The predicted molar refractivity (Wildman–Crippen MR) is 81.3 cm³/mol. The lowest BCUT2D eigenvalue weighted by atomic mass is 9.96. The van der Waals surface area contributed by atoms with E-state index in [2.05, 4.69) is 68.4 Å². The number of hydrogen-bond donors (Lipinski definition) is 0. The van der Waals surface area contributed by atoms with Crippen LogP contribution in [0.4, 0.5) is 0 Å². The summed E-state index contributed by atoms with van der Waals surface area (Å²) in [5.41, 5.74) is 3.95. The lowest BCUT2D eigenvalue weighted by molar-refractivity contribution is 0.0670. The molecule has 0 amide bonds. The van der Waals surface area contributed by atoms with Crippen LogP contribution in [0.15, 0.2) is 54.6 Å². The minimum atomic E-state index is 0.268. The minimum absolute atomic E-state index is 0.268. The van der Waals surface area contributed by atoms with Gasteiger partial charge in [0.2, 0.25) is 0 Å². The van der Waals surface area contributed by atoms with Crippen LogP contribution < -0.4 is 0 Å². The zero-order valence-corrected chi connectivity index (χ0v) is 11.8. The third kappa shape index (κ3) is 3.93. The summed E-state index contributed by atoms with van der Waals surface area (Å²) in [5, 5.41) is 0. The lowest BCUT2D eigenvalue weighted by Gasteiger charge is -2.15. The molecule has 0 aliphatic rings. The molecule has 1 atom stereocenters. The van der Waals surface area contributed by atoms with E-state index in [4.69, 9.17) is 4.74 Å². The van der Waals surface area contributed by atoms with Gasteiger partial charge in [-0.2, -0.15) is 0 Å². The van der Waals surface area contributed by atoms with Gasteiger partial charge in [-0.15, -0.1) is 0 Å². The van der Waals surface area contributed by atoms with Crippen molar-refractivity contribution >= 4 is 0 Å². The van der Waals surface area contributed by atoms with E-state index in [1.54, 1.807) is 0 Å². The average Bonchev–Trinajstić information content (AvgIpc) is 2.46. The highest BCUT2D eigenvalue weighted by Crippen LogP contribution is 2.24. The number of ether oxygens (including phenoxy) is 1. The highest BCUT2D eigenvalue weighted by atomic mass is 16.5. The van der Waals surface area contributed by atoms with Crippen molar-refractivity contribution in [2.75, 3.05) is 6.61 Å². The summed E-state index contributed by atoms with van der Waals surface area (Å²) in [4.78, 5) is 0. The van der Waals surface area contributed by atoms with E-state index in [1.165, 1.54) is 16.7 Å². The van der Waals surface area contributed by atoms with Gasteiger partial charge < -0.3 is 4.74 Å². The molecular formula is C18H22O. The zero-order valence-electron chi connectivity index (χ0n) is 11.8. The van der Waals surface area contributed by atoms with Gasteiger partial charge >= 0.3 is 0 Å². The second-order valence-corrected chi connectivity index (χ2v) is 4.91. The molecule has 0 radical (unpaired) electrons. The maximum absolute atomic E-state index is 5.79. The van der Waals surface area contributed by atoms with E-state index in [0.29, 0.717) is 0 Å².